The summed E-state index contributed by atoms with van der Waals surface area (Å²) in [6, 6.07) is 5.87. The van der Waals surface area contributed by atoms with E-state index in [0.717, 1.165) is 0 Å². The minimum absolute atomic E-state index is 0.307. The van der Waals surface area contributed by atoms with Gasteiger partial charge in [0.05, 0.1) is 0 Å². The highest BCUT2D eigenvalue weighted by Crippen LogP contribution is 2.29. The first-order valence-electron chi connectivity index (χ1n) is 5.20. The van der Waals surface area contributed by atoms with Crippen LogP contribution in [0.3, 0.4) is 0 Å². The van der Waals surface area contributed by atoms with Gasteiger partial charge in [-0.3, -0.25) is 0 Å². The third kappa shape index (κ3) is 2.13. The van der Waals surface area contributed by atoms with E-state index in [-0.39, 0.29) is 11.9 Å². The number of hydrogen-bond acceptors (Lipinski definition) is 5. The summed E-state index contributed by atoms with van der Waals surface area (Å²) < 4.78 is 18.6. The zero-order chi connectivity index (χ0) is 12.5. The summed E-state index contributed by atoms with van der Waals surface area (Å²) in [5.41, 5.74) is 0.685. The largest absolute Gasteiger partial charge is 0.381 e. The van der Waals surface area contributed by atoms with Gasteiger partial charge in [0.2, 0.25) is 11.9 Å². The normalized spacial score (nSPS) is 18.6. The van der Waals surface area contributed by atoms with Gasteiger partial charge in [-0.1, -0.05) is 10.3 Å². The first-order valence-corrected chi connectivity index (χ1v) is 5.99. The van der Waals surface area contributed by atoms with Gasteiger partial charge in [0.15, 0.2) is 0 Å². The molecule has 0 bridgehead atoms. The van der Waals surface area contributed by atoms with Crippen molar-refractivity contribution in [3.05, 3.63) is 36.0 Å². The van der Waals surface area contributed by atoms with Gasteiger partial charge in [0.1, 0.15) is 10.4 Å². The average Bonchev–Trinajstić information content (AvgIpc) is 2.98. The maximum absolute atomic E-state index is 12.8. The SMILES string of the molecule is Fc1ccc(-c2noc(C3CC(Br)=NO3)n2)cc1. The minimum atomic E-state index is -0.360. The number of benzene rings is 1. The molecule has 3 rings (SSSR count). The van der Waals surface area contributed by atoms with Crippen LogP contribution in [0.1, 0.15) is 18.4 Å². The molecule has 0 saturated carbocycles. The second-order valence-electron chi connectivity index (χ2n) is 3.73. The van der Waals surface area contributed by atoms with Crippen LogP contribution in [0.4, 0.5) is 4.39 Å². The van der Waals surface area contributed by atoms with Crippen LogP contribution in [0.2, 0.25) is 0 Å². The molecule has 1 unspecified atom stereocenters. The van der Waals surface area contributed by atoms with Crippen LogP contribution in [0.15, 0.2) is 33.9 Å². The molecular formula is C11H7BrFN3O2. The fourth-order valence-electron chi connectivity index (χ4n) is 1.56. The van der Waals surface area contributed by atoms with Crippen LogP contribution in [-0.4, -0.2) is 14.8 Å². The Bertz CT molecular complexity index is 597. The van der Waals surface area contributed by atoms with Gasteiger partial charge >= 0.3 is 0 Å². The molecule has 1 aromatic heterocycles. The van der Waals surface area contributed by atoms with Gasteiger partial charge < -0.3 is 9.36 Å². The van der Waals surface area contributed by atoms with E-state index < -0.39 is 0 Å². The van der Waals surface area contributed by atoms with Crippen LogP contribution in [0, 0.1) is 5.82 Å². The Labute approximate surface area is 110 Å². The lowest BCUT2D eigenvalue weighted by atomic mass is 10.2. The third-order valence-electron chi connectivity index (χ3n) is 2.45. The van der Waals surface area contributed by atoms with Crippen molar-refractivity contribution in [3.63, 3.8) is 0 Å². The minimum Gasteiger partial charge on any atom is -0.381 e. The van der Waals surface area contributed by atoms with Crippen LogP contribution < -0.4 is 0 Å². The van der Waals surface area contributed by atoms with Crippen LogP contribution >= 0.6 is 15.9 Å². The predicted octanol–water partition coefficient (Wildman–Crippen LogP) is 3.05. The van der Waals surface area contributed by atoms with Crippen molar-refractivity contribution in [2.45, 2.75) is 12.5 Å². The number of rotatable bonds is 2. The first kappa shape index (κ1) is 11.3. The van der Waals surface area contributed by atoms with E-state index in [1.54, 1.807) is 12.1 Å². The topological polar surface area (TPSA) is 60.5 Å². The fraction of sp³-hybridized carbons (Fsp3) is 0.182. The molecule has 0 radical (unpaired) electrons. The highest BCUT2D eigenvalue weighted by Gasteiger charge is 2.27. The van der Waals surface area contributed by atoms with Gasteiger partial charge in [0.25, 0.3) is 5.89 Å². The summed E-state index contributed by atoms with van der Waals surface area (Å²) in [4.78, 5) is 9.31. The molecular weight excluding hydrogens is 305 g/mol. The van der Waals surface area contributed by atoms with E-state index in [1.807, 2.05) is 0 Å². The second-order valence-corrected chi connectivity index (χ2v) is 4.64. The summed E-state index contributed by atoms with van der Waals surface area (Å²) in [7, 11) is 0. The molecule has 0 N–H and O–H groups in total. The van der Waals surface area contributed by atoms with Gasteiger partial charge in [-0.05, 0) is 40.2 Å². The summed E-state index contributed by atoms with van der Waals surface area (Å²) in [5, 5.41) is 7.57. The third-order valence-corrected chi connectivity index (χ3v) is 2.92. The Morgan fingerprint density at radius 1 is 1.28 bits per heavy atom. The maximum atomic E-state index is 12.8. The van der Waals surface area contributed by atoms with Gasteiger partial charge in [-0.25, -0.2) is 4.39 Å². The summed E-state index contributed by atoms with van der Waals surface area (Å²) in [6.45, 7) is 0. The number of aromatic nitrogens is 2. The van der Waals surface area contributed by atoms with Crippen molar-refractivity contribution in [3.8, 4) is 11.4 Å². The molecule has 2 aromatic rings. The zero-order valence-electron chi connectivity index (χ0n) is 9.01. The molecule has 0 saturated heterocycles. The second kappa shape index (κ2) is 4.49. The number of nitrogens with zero attached hydrogens (tertiary/aromatic N) is 3. The Kier molecular flexibility index (Phi) is 2.83. The van der Waals surface area contributed by atoms with Gasteiger partial charge in [-0.2, -0.15) is 4.98 Å². The molecule has 92 valence electrons. The molecule has 0 aliphatic carbocycles. The van der Waals surface area contributed by atoms with E-state index >= 15 is 0 Å². The van der Waals surface area contributed by atoms with Crippen molar-refractivity contribution in [2.75, 3.05) is 0 Å². The lowest BCUT2D eigenvalue weighted by Gasteiger charge is -1.99. The van der Waals surface area contributed by atoms with E-state index in [0.29, 0.717) is 28.3 Å². The van der Waals surface area contributed by atoms with Crippen molar-refractivity contribution >= 4 is 20.6 Å². The van der Waals surface area contributed by atoms with Crippen LogP contribution in [0.25, 0.3) is 11.4 Å². The molecule has 1 aromatic carbocycles. The zero-order valence-corrected chi connectivity index (χ0v) is 10.6. The van der Waals surface area contributed by atoms with E-state index in [4.69, 9.17) is 9.36 Å². The van der Waals surface area contributed by atoms with Crippen molar-refractivity contribution < 1.29 is 13.8 Å². The lowest BCUT2D eigenvalue weighted by Crippen LogP contribution is -1.97. The van der Waals surface area contributed by atoms with E-state index in [1.165, 1.54) is 12.1 Å². The van der Waals surface area contributed by atoms with E-state index in [2.05, 4.69) is 31.2 Å². The molecule has 1 atom stereocenters. The Balaban J connectivity index is 1.83. The Morgan fingerprint density at radius 3 is 2.72 bits per heavy atom. The van der Waals surface area contributed by atoms with Crippen molar-refractivity contribution in [1.29, 1.82) is 0 Å². The van der Waals surface area contributed by atoms with Crippen molar-refractivity contribution in [2.24, 2.45) is 5.16 Å². The Hall–Kier alpha value is -1.76. The van der Waals surface area contributed by atoms with Crippen LogP contribution in [-0.2, 0) is 4.84 Å². The quantitative estimate of drug-likeness (QED) is 0.855. The van der Waals surface area contributed by atoms with E-state index in [9.17, 15) is 4.39 Å². The predicted molar refractivity (Wildman–Crippen MR) is 64.5 cm³/mol. The number of hydrogen-bond donors (Lipinski definition) is 0. The summed E-state index contributed by atoms with van der Waals surface area (Å²) in [5.74, 6) is 0.447. The lowest BCUT2D eigenvalue weighted by molar-refractivity contribution is 0.0599. The molecule has 2 heterocycles. The molecule has 7 heteroatoms. The standard InChI is InChI=1S/C11H7BrFN3O2/c12-9-5-8(17-15-9)11-14-10(16-18-11)6-1-3-7(13)4-2-6/h1-4,8H,5H2. The molecule has 0 fully saturated rings. The number of oxime groups is 1. The summed E-state index contributed by atoms with van der Waals surface area (Å²) in [6.07, 6.45) is 0.200. The summed E-state index contributed by atoms with van der Waals surface area (Å²) >= 11 is 3.23. The molecule has 1 aliphatic heterocycles. The molecule has 0 spiro atoms. The molecule has 18 heavy (non-hydrogen) atoms. The smallest absolute Gasteiger partial charge is 0.271 e. The fourth-order valence-corrected chi connectivity index (χ4v) is 1.94. The average molecular weight is 312 g/mol. The Morgan fingerprint density at radius 2 is 2.06 bits per heavy atom. The molecule has 0 amide bonds. The first-order chi connectivity index (χ1) is 8.72. The monoisotopic (exact) mass is 311 g/mol. The van der Waals surface area contributed by atoms with Gasteiger partial charge in [0, 0.05) is 12.0 Å². The molecule has 5 nitrogen and oxygen atoms in total. The maximum Gasteiger partial charge on any atom is 0.271 e. The van der Waals surface area contributed by atoms with Gasteiger partial charge in [-0.15, -0.1) is 0 Å². The highest BCUT2D eigenvalue weighted by atomic mass is 79.9. The molecule has 1 aliphatic rings. The number of halogens is 2. The van der Waals surface area contributed by atoms with Crippen molar-refractivity contribution in [1.82, 2.24) is 10.1 Å². The highest BCUT2D eigenvalue weighted by molar-refractivity contribution is 9.18. The van der Waals surface area contributed by atoms with Crippen LogP contribution in [0.5, 0.6) is 0 Å².